The molecule has 2 fully saturated rings. The molecule has 10 heteroatoms. The molecule has 4 rings (SSSR count). The second kappa shape index (κ2) is 13.4. The molecule has 0 radical (unpaired) electrons. The molecule has 1 unspecified atom stereocenters. The number of likely N-dealkylation sites (tertiary alicyclic amines) is 2. The smallest absolute Gasteiger partial charge is 0.328 e. The second-order valence-electron chi connectivity index (χ2n) is 11.0. The van der Waals surface area contributed by atoms with Crippen LogP contribution in [0.25, 0.3) is 0 Å². The van der Waals surface area contributed by atoms with E-state index >= 15 is 0 Å². The van der Waals surface area contributed by atoms with Gasteiger partial charge in [-0.05, 0) is 36.8 Å². The molecule has 218 valence electrons. The molecule has 4 amide bonds. The molecule has 4 atom stereocenters. The minimum atomic E-state index is -0.893. The second-order valence-corrected chi connectivity index (χ2v) is 11.0. The van der Waals surface area contributed by atoms with E-state index in [1.807, 2.05) is 74.5 Å². The van der Waals surface area contributed by atoms with Gasteiger partial charge in [0.2, 0.25) is 23.6 Å². The third-order valence-electron chi connectivity index (χ3n) is 7.59. The Bertz CT molecular complexity index is 1250. The monoisotopic (exact) mass is 562 g/mol. The van der Waals surface area contributed by atoms with Gasteiger partial charge in [0.25, 0.3) is 0 Å². The number of hydrogen-bond donors (Lipinski definition) is 2. The normalized spacial score (nSPS) is 19.8. The van der Waals surface area contributed by atoms with Crippen molar-refractivity contribution in [2.45, 2.75) is 70.8 Å². The molecule has 2 saturated heterocycles. The van der Waals surface area contributed by atoms with Gasteiger partial charge in [0, 0.05) is 6.54 Å². The Morgan fingerprint density at radius 3 is 2.24 bits per heavy atom. The number of amides is 4. The van der Waals surface area contributed by atoms with Crippen LogP contribution in [0.2, 0.25) is 0 Å². The van der Waals surface area contributed by atoms with E-state index in [9.17, 15) is 24.0 Å². The Kier molecular flexibility index (Phi) is 9.75. The Labute approximate surface area is 240 Å². The lowest BCUT2D eigenvalue weighted by atomic mass is 9.94. The molecule has 2 aliphatic heterocycles. The van der Waals surface area contributed by atoms with Crippen molar-refractivity contribution in [2.75, 3.05) is 13.1 Å². The molecule has 2 aromatic rings. The van der Waals surface area contributed by atoms with Crippen LogP contribution in [-0.2, 0) is 35.3 Å². The predicted molar refractivity (Wildman–Crippen MR) is 151 cm³/mol. The van der Waals surface area contributed by atoms with Gasteiger partial charge in [0.1, 0.15) is 31.3 Å². The first-order valence-corrected chi connectivity index (χ1v) is 14.1. The molecule has 10 nitrogen and oxygen atoms in total. The first-order chi connectivity index (χ1) is 19.7. The molecule has 0 saturated carbocycles. The fraction of sp³-hybridized carbons (Fsp3) is 0.452. The molecule has 2 aliphatic rings. The maximum absolute atomic E-state index is 13.6. The average molecular weight is 563 g/mol. The lowest BCUT2D eigenvalue weighted by Gasteiger charge is -2.40. The predicted octanol–water partition coefficient (Wildman–Crippen LogP) is 2.34. The van der Waals surface area contributed by atoms with Gasteiger partial charge < -0.3 is 25.2 Å². The summed E-state index contributed by atoms with van der Waals surface area (Å²) < 4.78 is 5.32. The molecular weight excluding hydrogens is 524 g/mol. The van der Waals surface area contributed by atoms with E-state index in [4.69, 9.17) is 4.74 Å². The van der Waals surface area contributed by atoms with E-state index in [1.54, 1.807) is 6.92 Å². The van der Waals surface area contributed by atoms with Gasteiger partial charge in [0.05, 0.1) is 12.5 Å². The van der Waals surface area contributed by atoms with Crippen LogP contribution in [0.4, 0.5) is 0 Å². The minimum absolute atomic E-state index is 0.0960. The molecular formula is C31H38N4O6. The number of hydrogen-bond acceptors (Lipinski definition) is 6. The maximum atomic E-state index is 13.6. The minimum Gasteiger partial charge on any atom is -0.459 e. The van der Waals surface area contributed by atoms with Gasteiger partial charge in [-0.3, -0.25) is 19.2 Å². The van der Waals surface area contributed by atoms with Crippen LogP contribution in [0.3, 0.4) is 0 Å². The van der Waals surface area contributed by atoms with Crippen molar-refractivity contribution in [1.29, 1.82) is 0 Å². The van der Waals surface area contributed by atoms with E-state index in [0.717, 1.165) is 11.1 Å². The van der Waals surface area contributed by atoms with Crippen LogP contribution in [0, 0.1) is 5.92 Å². The van der Waals surface area contributed by atoms with Gasteiger partial charge in [-0.15, -0.1) is 0 Å². The molecule has 2 N–H and O–H groups in total. The van der Waals surface area contributed by atoms with E-state index < -0.39 is 35.9 Å². The lowest BCUT2D eigenvalue weighted by molar-refractivity contribution is -0.151. The van der Waals surface area contributed by atoms with Crippen molar-refractivity contribution in [3.8, 4) is 0 Å². The van der Waals surface area contributed by atoms with E-state index in [1.165, 1.54) is 9.80 Å². The fourth-order valence-electron chi connectivity index (χ4n) is 5.22. The van der Waals surface area contributed by atoms with Crippen molar-refractivity contribution in [1.82, 2.24) is 20.4 Å². The Hall–Kier alpha value is -4.21. The van der Waals surface area contributed by atoms with E-state index in [0.29, 0.717) is 25.8 Å². The third kappa shape index (κ3) is 7.31. The largest absolute Gasteiger partial charge is 0.459 e. The van der Waals surface area contributed by atoms with Crippen molar-refractivity contribution in [3.05, 3.63) is 71.8 Å². The first kappa shape index (κ1) is 29.8. The van der Waals surface area contributed by atoms with Crippen LogP contribution in [0.1, 0.15) is 57.2 Å². The maximum Gasteiger partial charge on any atom is 0.328 e. The summed E-state index contributed by atoms with van der Waals surface area (Å²) in [5.74, 6) is -2.17. The van der Waals surface area contributed by atoms with Crippen molar-refractivity contribution in [2.24, 2.45) is 5.92 Å². The zero-order valence-corrected chi connectivity index (χ0v) is 23.7. The highest BCUT2D eigenvalue weighted by Crippen LogP contribution is 2.33. The number of benzene rings is 2. The molecule has 0 spiro atoms. The highest BCUT2D eigenvalue weighted by atomic mass is 16.5. The number of carbonyl (C=O) groups is 5. The van der Waals surface area contributed by atoms with Crippen LogP contribution >= 0.6 is 0 Å². The zero-order valence-electron chi connectivity index (χ0n) is 23.7. The summed E-state index contributed by atoms with van der Waals surface area (Å²) in [5.41, 5.74) is 1.79. The van der Waals surface area contributed by atoms with E-state index in [2.05, 4.69) is 10.6 Å². The highest BCUT2D eigenvalue weighted by molar-refractivity contribution is 5.95. The Morgan fingerprint density at radius 1 is 0.951 bits per heavy atom. The van der Waals surface area contributed by atoms with Crippen molar-refractivity contribution < 1.29 is 28.7 Å². The molecule has 0 bridgehead atoms. The first-order valence-electron chi connectivity index (χ1n) is 14.1. The number of β-lactam (4-membered cyclic amide) rings is 1. The lowest BCUT2D eigenvalue weighted by Crippen LogP contribution is -2.58. The molecule has 0 aromatic heterocycles. The summed E-state index contributed by atoms with van der Waals surface area (Å²) in [5, 5.41) is 5.49. The SMILES string of the molecule is CC(C)[C@H](NC(=O)CN1C(=O)CC1c1ccccc1)C(=O)N1CCC[C@H]1C(=O)N[C@@H](C)C(=O)OCc1ccccc1. The summed E-state index contributed by atoms with van der Waals surface area (Å²) in [6.45, 7) is 5.49. The number of rotatable bonds is 11. The van der Waals surface area contributed by atoms with Crippen LogP contribution < -0.4 is 10.6 Å². The van der Waals surface area contributed by atoms with Crippen molar-refractivity contribution in [3.63, 3.8) is 0 Å². The number of esters is 1. The van der Waals surface area contributed by atoms with Crippen LogP contribution in [-0.4, -0.2) is 70.6 Å². The average Bonchev–Trinajstić information content (AvgIpc) is 3.47. The van der Waals surface area contributed by atoms with Gasteiger partial charge in [-0.1, -0.05) is 74.5 Å². The summed E-state index contributed by atoms with van der Waals surface area (Å²) in [6, 6.07) is 16.1. The van der Waals surface area contributed by atoms with Gasteiger partial charge in [-0.25, -0.2) is 4.79 Å². The molecule has 2 heterocycles. The Morgan fingerprint density at radius 2 is 1.61 bits per heavy atom. The number of carbonyl (C=O) groups excluding carboxylic acids is 5. The summed E-state index contributed by atoms with van der Waals surface area (Å²) in [7, 11) is 0. The van der Waals surface area contributed by atoms with Crippen LogP contribution in [0.5, 0.6) is 0 Å². The standard InChI is InChI=1S/C31H38N4O6/c1-20(2)28(33-26(36)18-35-25(17-27(35)37)23-13-8-5-9-14-23)30(39)34-16-10-15-24(34)29(38)32-21(3)31(40)41-19-22-11-6-4-7-12-22/h4-9,11-14,20-21,24-25,28H,10,15-19H2,1-3H3,(H,32,38)(H,33,36)/t21-,24-,25?,28-/m0/s1. The molecule has 2 aromatic carbocycles. The summed E-state index contributed by atoms with van der Waals surface area (Å²) >= 11 is 0. The highest BCUT2D eigenvalue weighted by Gasteiger charge is 2.41. The quantitative estimate of drug-likeness (QED) is 0.320. The van der Waals surface area contributed by atoms with Crippen LogP contribution in [0.15, 0.2) is 60.7 Å². The fourth-order valence-corrected chi connectivity index (χ4v) is 5.22. The van der Waals surface area contributed by atoms with Crippen molar-refractivity contribution >= 4 is 29.6 Å². The summed E-state index contributed by atoms with van der Waals surface area (Å²) in [4.78, 5) is 67.4. The third-order valence-corrected chi connectivity index (χ3v) is 7.59. The molecule has 0 aliphatic carbocycles. The summed E-state index contributed by atoms with van der Waals surface area (Å²) in [6.07, 6.45) is 1.41. The zero-order chi connectivity index (χ0) is 29.5. The number of nitrogens with one attached hydrogen (secondary N) is 2. The van der Waals surface area contributed by atoms with Gasteiger partial charge in [-0.2, -0.15) is 0 Å². The molecule has 41 heavy (non-hydrogen) atoms. The number of nitrogens with zero attached hydrogens (tertiary/aromatic N) is 2. The van der Waals surface area contributed by atoms with E-state index in [-0.39, 0.29) is 36.9 Å². The Balaban J connectivity index is 1.32. The van der Waals surface area contributed by atoms with Gasteiger partial charge >= 0.3 is 5.97 Å². The number of ether oxygens (including phenoxy) is 1. The topological polar surface area (TPSA) is 125 Å². The van der Waals surface area contributed by atoms with Gasteiger partial charge in [0.15, 0.2) is 0 Å².